The molecule has 0 aliphatic heterocycles. The van der Waals surface area contributed by atoms with Gasteiger partial charge in [-0.25, -0.2) is 4.98 Å². The normalized spacial score (nSPS) is 11.8. The summed E-state index contributed by atoms with van der Waals surface area (Å²) in [7, 11) is 1.65. The molecule has 2 aromatic carbocycles. The number of ether oxygens (including phenoxy) is 2. The number of methoxy groups -OCH3 is 1. The van der Waals surface area contributed by atoms with Crippen molar-refractivity contribution >= 4 is 17.3 Å². The van der Waals surface area contributed by atoms with Crippen LogP contribution in [-0.2, 0) is 11.4 Å². The Morgan fingerprint density at radius 1 is 1.11 bits per heavy atom. The molecular formula is C21H21NO4S. The van der Waals surface area contributed by atoms with Gasteiger partial charge in [-0.15, -0.1) is 11.3 Å². The van der Waals surface area contributed by atoms with Crippen molar-refractivity contribution in [3.8, 4) is 22.1 Å². The van der Waals surface area contributed by atoms with Crippen LogP contribution in [0.3, 0.4) is 0 Å². The number of carboxylic acid groups (broad SMARTS) is 1. The molecule has 0 bridgehead atoms. The van der Waals surface area contributed by atoms with Crippen LogP contribution < -0.4 is 9.47 Å². The molecule has 1 unspecified atom stereocenters. The van der Waals surface area contributed by atoms with Crippen LogP contribution in [0.1, 0.15) is 30.5 Å². The second-order valence-corrected chi connectivity index (χ2v) is 7.09. The van der Waals surface area contributed by atoms with Gasteiger partial charge in [0.1, 0.15) is 23.1 Å². The summed E-state index contributed by atoms with van der Waals surface area (Å²) in [6.07, 6.45) is 0.118. The molecule has 27 heavy (non-hydrogen) atoms. The minimum absolute atomic E-state index is 0.0258. The molecule has 6 heteroatoms. The first-order chi connectivity index (χ1) is 13.0. The van der Waals surface area contributed by atoms with Crippen molar-refractivity contribution in [1.29, 1.82) is 0 Å². The molecule has 5 nitrogen and oxygen atoms in total. The monoisotopic (exact) mass is 383 g/mol. The summed E-state index contributed by atoms with van der Waals surface area (Å²) in [5, 5.41) is 11.8. The van der Waals surface area contributed by atoms with E-state index in [-0.39, 0.29) is 12.3 Å². The Labute approximate surface area is 162 Å². The molecule has 1 aromatic heterocycles. The smallest absolute Gasteiger partial charge is 0.303 e. The van der Waals surface area contributed by atoms with Crippen LogP contribution in [0, 0.1) is 0 Å². The molecule has 3 aromatic rings. The average molecular weight is 383 g/mol. The molecule has 3 rings (SSSR count). The second-order valence-electron chi connectivity index (χ2n) is 6.23. The summed E-state index contributed by atoms with van der Waals surface area (Å²) in [6.45, 7) is 2.29. The largest absolute Gasteiger partial charge is 0.497 e. The zero-order chi connectivity index (χ0) is 19.2. The number of benzene rings is 2. The third-order valence-electron chi connectivity index (χ3n) is 4.21. The highest BCUT2D eigenvalue weighted by atomic mass is 32.1. The van der Waals surface area contributed by atoms with E-state index in [0.29, 0.717) is 6.61 Å². The maximum atomic E-state index is 10.8. The van der Waals surface area contributed by atoms with Crippen molar-refractivity contribution in [3.05, 3.63) is 65.2 Å². The van der Waals surface area contributed by atoms with Gasteiger partial charge in [0.2, 0.25) is 0 Å². The first-order valence-corrected chi connectivity index (χ1v) is 9.46. The average Bonchev–Trinajstić information content (AvgIpc) is 3.15. The summed E-state index contributed by atoms with van der Waals surface area (Å²) >= 11 is 1.58. The zero-order valence-electron chi connectivity index (χ0n) is 15.2. The fourth-order valence-electron chi connectivity index (χ4n) is 2.67. The van der Waals surface area contributed by atoms with E-state index in [4.69, 9.17) is 14.6 Å². The predicted molar refractivity (Wildman–Crippen MR) is 106 cm³/mol. The van der Waals surface area contributed by atoms with E-state index in [0.717, 1.165) is 33.3 Å². The van der Waals surface area contributed by atoms with Crippen LogP contribution in [0.5, 0.6) is 11.5 Å². The van der Waals surface area contributed by atoms with Crippen LogP contribution in [0.25, 0.3) is 10.6 Å². The maximum absolute atomic E-state index is 10.8. The van der Waals surface area contributed by atoms with E-state index in [1.165, 1.54) is 0 Å². The van der Waals surface area contributed by atoms with Crippen molar-refractivity contribution in [2.75, 3.05) is 7.11 Å². The summed E-state index contributed by atoms with van der Waals surface area (Å²) < 4.78 is 11.0. The molecule has 0 saturated carbocycles. The number of thiazole rings is 1. The lowest BCUT2D eigenvalue weighted by Gasteiger charge is -2.10. The van der Waals surface area contributed by atoms with E-state index < -0.39 is 5.97 Å². The van der Waals surface area contributed by atoms with E-state index in [9.17, 15) is 4.79 Å². The van der Waals surface area contributed by atoms with Crippen molar-refractivity contribution < 1.29 is 19.4 Å². The molecule has 0 aliphatic rings. The van der Waals surface area contributed by atoms with Gasteiger partial charge < -0.3 is 14.6 Å². The number of hydrogen-bond acceptors (Lipinski definition) is 5. The molecule has 0 fully saturated rings. The molecule has 0 spiro atoms. The zero-order valence-corrected chi connectivity index (χ0v) is 16.0. The van der Waals surface area contributed by atoms with Crippen LogP contribution >= 0.6 is 11.3 Å². The van der Waals surface area contributed by atoms with Gasteiger partial charge in [0.25, 0.3) is 0 Å². The van der Waals surface area contributed by atoms with Crippen molar-refractivity contribution in [1.82, 2.24) is 4.98 Å². The van der Waals surface area contributed by atoms with Gasteiger partial charge in [-0.05, 0) is 47.9 Å². The lowest BCUT2D eigenvalue weighted by molar-refractivity contribution is -0.137. The number of rotatable bonds is 8. The van der Waals surface area contributed by atoms with E-state index >= 15 is 0 Å². The van der Waals surface area contributed by atoms with Crippen LogP contribution in [0.4, 0.5) is 0 Å². The number of aromatic nitrogens is 1. The fourth-order valence-corrected chi connectivity index (χ4v) is 3.48. The molecule has 1 N–H and O–H groups in total. The Balaban J connectivity index is 1.58. The van der Waals surface area contributed by atoms with Gasteiger partial charge in [-0.3, -0.25) is 4.79 Å². The van der Waals surface area contributed by atoms with E-state index in [1.54, 1.807) is 18.4 Å². The Bertz CT molecular complexity index is 887. The Morgan fingerprint density at radius 3 is 2.41 bits per heavy atom. The van der Waals surface area contributed by atoms with Crippen molar-refractivity contribution in [2.24, 2.45) is 0 Å². The molecular weight excluding hydrogens is 362 g/mol. The first kappa shape index (κ1) is 18.9. The SMILES string of the molecule is COc1ccc(-c2nc(COc3ccc(C(C)CC(=O)O)cc3)cs2)cc1. The molecule has 140 valence electrons. The lowest BCUT2D eigenvalue weighted by atomic mass is 9.98. The van der Waals surface area contributed by atoms with E-state index in [1.807, 2.05) is 60.8 Å². The molecule has 0 radical (unpaired) electrons. The van der Waals surface area contributed by atoms with Gasteiger partial charge in [-0.2, -0.15) is 0 Å². The third kappa shape index (κ3) is 5.08. The number of aliphatic carboxylic acids is 1. The number of carboxylic acids is 1. The number of hydrogen-bond donors (Lipinski definition) is 1. The summed E-state index contributed by atoms with van der Waals surface area (Å²) in [6, 6.07) is 15.4. The Morgan fingerprint density at radius 2 is 1.78 bits per heavy atom. The molecule has 0 amide bonds. The molecule has 1 atom stereocenters. The highest BCUT2D eigenvalue weighted by molar-refractivity contribution is 7.13. The summed E-state index contributed by atoms with van der Waals surface area (Å²) in [5.74, 6) is 0.737. The summed E-state index contributed by atoms with van der Waals surface area (Å²) in [5.41, 5.74) is 2.90. The summed E-state index contributed by atoms with van der Waals surface area (Å²) in [4.78, 5) is 15.4. The number of carbonyl (C=O) groups is 1. The van der Waals surface area contributed by atoms with Crippen LogP contribution in [0.15, 0.2) is 53.9 Å². The van der Waals surface area contributed by atoms with Crippen molar-refractivity contribution in [3.63, 3.8) is 0 Å². The van der Waals surface area contributed by atoms with Gasteiger partial charge in [-0.1, -0.05) is 19.1 Å². The van der Waals surface area contributed by atoms with Gasteiger partial charge in [0.15, 0.2) is 0 Å². The van der Waals surface area contributed by atoms with Crippen LogP contribution in [-0.4, -0.2) is 23.2 Å². The first-order valence-electron chi connectivity index (χ1n) is 8.58. The quantitative estimate of drug-likeness (QED) is 0.594. The lowest BCUT2D eigenvalue weighted by Crippen LogP contribution is -2.03. The van der Waals surface area contributed by atoms with Crippen molar-refractivity contribution in [2.45, 2.75) is 25.9 Å². The second kappa shape index (κ2) is 8.68. The number of nitrogens with zero attached hydrogens (tertiary/aromatic N) is 1. The van der Waals surface area contributed by atoms with Gasteiger partial charge >= 0.3 is 5.97 Å². The highest BCUT2D eigenvalue weighted by Crippen LogP contribution is 2.27. The predicted octanol–water partition coefficient (Wildman–Crippen LogP) is 4.98. The fraction of sp³-hybridized carbons (Fsp3) is 0.238. The Hall–Kier alpha value is -2.86. The third-order valence-corrected chi connectivity index (χ3v) is 5.15. The standard InChI is InChI=1S/C21H21NO4S/c1-14(11-20(23)24)15-3-9-19(10-4-15)26-12-17-13-27-21(22-17)16-5-7-18(25-2)8-6-16/h3-10,13-14H,11-12H2,1-2H3,(H,23,24). The molecule has 0 saturated heterocycles. The minimum atomic E-state index is -0.793. The maximum Gasteiger partial charge on any atom is 0.303 e. The Kier molecular flexibility index (Phi) is 6.08. The van der Waals surface area contributed by atoms with Crippen LogP contribution in [0.2, 0.25) is 0 Å². The molecule has 1 heterocycles. The molecule has 0 aliphatic carbocycles. The van der Waals surface area contributed by atoms with Gasteiger partial charge in [0, 0.05) is 10.9 Å². The topological polar surface area (TPSA) is 68.7 Å². The van der Waals surface area contributed by atoms with E-state index in [2.05, 4.69) is 4.98 Å². The highest BCUT2D eigenvalue weighted by Gasteiger charge is 2.10. The van der Waals surface area contributed by atoms with Gasteiger partial charge in [0.05, 0.1) is 19.2 Å². The minimum Gasteiger partial charge on any atom is -0.497 e.